The Kier molecular flexibility index (Phi) is 6.39. The van der Waals surface area contributed by atoms with Gasteiger partial charge in [0.2, 0.25) is 0 Å². The molecule has 0 bridgehead atoms. The number of rotatable bonds is 7. The van der Waals surface area contributed by atoms with Crippen molar-refractivity contribution < 1.29 is 9.84 Å². The molecule has 2 nitrogen and oxygen atoms in total. The molecule has 0 rings (SSSR count). The summed E-state index contributed by atoms with van der Waals surface area (Å²) >= 11 is 0. The van der Waals surface area contributed by atoms with Gasteiger partial charge in [0.25, 0.3) is 0 Å². The van der Waals surface area contributed by atoms with Gasteiger partial charge in [-0.15, -0.1) is 0 Å². The molecule has 2 heteroatoms. The SMILES string of the molecule is CCCC(O)(CC)CCCOC. The second-order valence-corrected chi connectivity index (χ2v) is 3.42. The Balaban J connectivity index is 3.63. The minimum atomic E-state index is -0.437. The summed E-state index contributed by atoms with van der Waals surface area (Å²) in [5.41, 5.74) is -0.437. The Morgan fingerprint density at radius 3 is 2.33 bits per heavy atom. The van der Waals surface area contributed by atoms with E-state index >= 15 is 0 Å². The van der Waals surface area contributed by atoms with Crippen molar-refractivity contribution in [3.05, 3.63) is 0 Å². The lowest BCUT2D eigenvalue weighted by Crippen LogP contribution is -2.27. The predicted octanol–water partition coefficient (Wildman–Crippen LogP) is 2.35. The van der Waals surface area contributed by atoms with Crippen molar-refractivity contribution in [2.24, 2.45) is 0 Å². The lowest BCUT2D eigenvalue weighted by Gasteiger charge is -2.26. The number of aliphatic hydroxyl groups is 1. The van der Waals surface area contributed by atoms with Gasteiger partial charge in [0.15, 0.2) is 0 Å². The van der Waals surface area contributed by atoms with Gasteiger partial charge in [-0.2, -0.15) is 0 Å². The zero-order chi connectivity index (χ0) is 9.45. The van der Waals surface area contributed by atoms with Gasteiger partial charge in [0, 0.05) is 13.7 Å². The molecule has 0 spiro atoms. The van der Waals surface area contributed by atoms with Crippen LogP contribution >= 0.6 is 0 Å². The lowest BCUT2D eigenvalue weighted by molar-refractivity contribution is 0.0103. The van der Waals surface area contributed by atoms with Crippen LogP contribution in [-0.4, -0.2) is 24.4 Å². The number of hydrogen-bond donors (Lipinski definition) is 1. The third-order valence-corrected chi connectivity index (χ3v) is 2.36. The number of hydrogen-bond acceptors (Lipinski definition) is 2. The fraction of sp³-hybridized carbons (Fsp3) is 1.00. The van der Waals surface area contributed by atoms with Crippen LogP contribution in [-0.2, 0) is 4.74 Å². The molecule has 0 heterocycles. The van der Waals surface area contributed by atoms with Crippen molar-refractivity contribution in [3.8, 4) is 0 Å². The summed E-state index contributed by atoms with van der Waals surface area (Å²) in [6.07, 6.45) is 4.64. The predicted molar refractivity (Wildman–Crippen MR) is 51.3 cm³/mol. The molecule has 0 aromatic carbocycles. The maximum Gasteiger partial charge on any atom is 0.0646 e. The summed E-state index contributed by atoms with van der Waals surface area (Å²) in [6.45, 7) is 4.91. The topological polar surface area (TPSA) is 29.5 Å². The van der Waals surface area contributed by atoms with E-state index < -0.39 is 5.60 Å². The zero-order valence-electron chi connectivity index (χ0n) is 8.60. The van der Waals surface area contributed by atoms with Gasteiger partial charge in [-0.1, -0.05) is 20.3 Å². The van der Waals surface area contributed by atoms with E-state index in [0.717, 1.165) is 38.7 Å². The van der Waals surface area contributed by atoms with Crippen molar-refractivity contribution in [2.75, 3.05) is 13.7 Å². The van der Waals surface area contributed by atoms with Crippen LogP contribution in [0.2, 0.25) is 0 Å². The maximum atomic E-state index is 9.99. The smallest absolute Gasteiger partial charge is 0.0646 e. The van der Waals surface area contributed by atoms with Crippen LogP contribution < -0.4 is 0 Å². The van der Waals surface area contributed by atoms with Gasteiger partial charge in [0.1, 0.15) is 0 Å². The fourth-order valence-corrected chi connectivity index (χ4v) is 1.49. The summed E-state index contributed by atoms with van der Waals surface area (Å²) in [6, 6.07) is 0. The van der Waals surface area contributed by atoms with Crippen LogP contribution in [0.5, 0.6) is 0 Å². The first-order valence-corrected chi connectivity index (χ1v) is 4.90. The van der Waals surface area contributed by atoms with E-state index in [9.17, 15) is 5.11 Å². The Labute approximate surface area is 75.9 Å². The van der Waals surface area contributed by atoms with Gasteiger partial charge in [0.05, 0.1) is 5.60 Å². The third kappa shape index (κ3) is 4.73. The minimum Gasteiger partial charge on any atom is -0.390 e. The molecule has 74 valence electrons. The van der Waals surface area contributed by atoms with Crippen molar-refractivity contribution in [1.82, 2.24) is 0 Å². The molecule has 1 N–H and O–H groups in total. The van der Waals surface area contributed by atoms with Crippen LogP contribution in [0.4, 0.5) is 0 Å². The van der Waals surface area contributed by atoms with Gasteiger partial charge < -0.3 is 9.84 Å². The Morgan fingerprint density at radius 1 is 1.25 bits per heavy atom. The van der Waals surface area contributed by atoms with E-state index in [-0.39, 0.29) is 0 Å². The van der Waals surface area contributed by atoms with Crippen LogP contribution in [0, 0.1) is 0 Å². The van der Waals surface area contributed by atoms with Crippen molar-refractivity contribution in [1.29, 1.82) is 0 Å². The van der Waals surface area contributed by atoms with E-state index in [2.05, 4.69) is 6.92 Å². The molecular formula is C10H22O2. The summed E-state index contributed by atoms with van der Waals surface area (Å²) in [5, 5.41) is 9.99. The Hall–Kier alpha value is -0.0800. The van der Waals surface area contributed by atoms with Gasteiger partial charge in [-0.3, -0.25) is 0 Å². The molecule has 0 radical (unpaired) electrons. The number of ether oxygens (including phenoxy) is 1. The lowest BCUT2D eigenvalue weighted by atomic mass is 9.90. The first-order valence-electron chi connectivity index (χ1n) is 4.90. The summed E-state index contributed by atoms with van der Waals surface area (Å²) in [4.78, 5) is 0. The molecule has 0 saturated heterocycles. The van der Waals surface area contributed by atoms with Crippen molar-refractivity contribution >= 4 is 0 Å². The second-order valence-electron chi connectivity index (χ2n) is 3.42. The Bertz CT molecular complexity index is 104. The van der Waals surface area contributed by atoms with E-state index in [0.29, 0.717) is 0 Å². The quantitative estimate of drug-likeness (QED) is 0.600. The maximum absolute atomic E-state index is 9.99. The summed E-state index contributed by atoms with van der Waals surface area (Å²) in [7, 11) is 1.70. The highest BCUT2D eigenvalue weighted by Gasteiger charge is 2.22. The van der Waals surface area contributed by atoms with Crippen LogP contribution in [0.15, 0.2) is 0 Å². The average molecular weight is 174 g/mol. The summed E-state index contributed by atoms with van der Waals surface area (Å²) < 4.78 is 4.95. The monoisotopic (exact) mass is 174 g/mol. The molecule has 12 heavy (non-hydrogen) atoms. The van der Waals surface area contributed by atoms with Crippen LogP contribution in [0.1, 0.15) is 46.0 Å². The highest BCUT2D eigenvalue weighted by atomic mass is 16.5. The largest absolute Gasteiger partial charge is 0.390 e. The first-order chi connectivity index (χ1) is 5.68. The van der Waals surface area contributed by atoms with Gasteiger partial charge in [-0.05, 0) is 25.7 Å². The number of methoxy groups -OCH3 is 1. The van der Waals surface area contributed by atoms with Gasteiger partial charge >= 0.3 is 0 Å². The fourth-order valence-electron chi connectivity index (χ4n) is 1.49. The molecule has 0 aliphatic rings. The molecule has 1 unspecified atom stereocenters. The van der Waals surface area contributed by atoms with Crippen LogP contribution in [0.25, 0.3) is 0 Å². The standard InChI is InChI=1S/C10H22O2/c1-4-7-10(11,5-2)8-6-9-12-3/h11H,4-9H2,1-3H3. The molecule has 1 atom stereocenters. The second kappa shape index (κ2) is 6.44. The molecule has 0 amide bonds. The molecule has 0 aliphatic heterocycles. The van der Waals surface area contributed by atoms with Gasteiger partial charge in [-0.25, -0.2) is 0 Å². The zero-order valence-corrected chi connectivity index (χ0v) is 8.60. The molecule has 0 aromatic heterocycles. The highest BCUT2D eigenvalue weighted by molar-refractivity contribution is 4.75. The molecule has 0 aromatic rings. The van der Waals surface area contributed by atoms with Crippen LogP contribution in [0.3, 0.4) is 0 Å². The van der Waals surface area contributed by atoms with E-state index in [1.54, 1.807) is 7.11 Å². The molecule has 0 saturated carbocycles. The normalized spacial score (nSPS) is 16.0. The van der Waals surface area contributed by atoms with E-state index in [1.165, 1.54) is 0 Å². The Morgan fingerprint density at radius 2 is 1.92 bits per heavy atom. The van der Waals surface area contributed by atoms with Crippen molar-refractivity contribution in [3.63, 3.8) is 0 Å². The molecular weight excluding hydrogens is 152 g/mol. The molecule has 0 aliphatic carbocycles. The van der Waals surface area contributed by atoms with Crippen molar-refractivity contribution in [2.45, 2.75) is 51.6 Å². The summed E-state index contributed by atoms with van der Waals surface area (Å²) in [5.74, 6) is 0. The van der Waals surface area contributed by atoms with E-state index in [4.69, 9.17) is 4.74 Å². The molecule has 0 fully saturated rings. The minimum absolute atomic E-state index is 0.437. The average Bonchev–Trinajstić information content (AvgIpc) is 2.06. The highest BCUT2D eigenvalue weighted by Crippen LogP contribution is 2.22. The third-order valence-electron chi connectivity index (χ3n) is 2.36. The first kappa shape index (κ1) is 11.9. The van der Waals surface area contributed by atoms with E-state index in [1.807, 2.05) is 6.92 Å².